The van der Waals surface area contributed by atoms with Crippen molar-refractivity contribution in [3.63, 3.8) is 0 Å². The molecule has 4 N–H and O–H groups in total. The van der Waals surface area contributed by atoms with E-state index < -0.39 is 28.2 Å². The Labute approximate surface area is 232 Å². The van der Waals surface area contributed by atoms with E-state index in [1.165, 1.54) is 0 Å². The molecule has 1 aliphatic rings. The number of fused-ring (bicyclic) bond motifs is 2. The first kappa shape index (κ1) is 29.6. The molecule has 1 atom stereocenters. The highest BCUT2D eigenvalue weighted by Crippen LogP contribution is 2.26. The smallest absolute Gasteiger partial charge is 0.490 e. The number of ether oxygens (including phenoxy) is 1. The molecule has 14 heteroatoms. The van der Waals surface area contributed by atoms with Gasteiger partial charge in [0.15, 0.2) is 0 Å². The van der Waals surface area contributed by atoms with E-state index in [0.717, 1.165) is 27.1 Å². The van der Waals surface area contributed by atoms with Crippen molar-refractivity contribution in [2.24, 2.45) is 0 Å². The lowest BCUT2D eigenvalue weighted by Crippen LogP contribution is -2.41. The van der Waals surface area contributed by atoms with E-state index in [-0.39, 0.29) is 10.8 Å². The van der Waals surface area contributed by atoms with Crippen LogP contribution in [-0.2, 0) is 26.2 Å². The third-order valence-corrected chi connectivity index (χ3v) is 7.87. The lowest BCUT2D eigenvalue weighted by Gasteiger charge is -2.18. The molecule has 4 aromatic rings. The molecule has 1 amide bonds. The fourth-order valence-electron chi connectivity index (χ4n) is 4.31. The number of nitrogens with zero attached hydrogens (tertiary/aromatic N) is 2. The van der Waals surface area contributed by atoms with Crippen LogP contribution in [0.2, 0.25) is 0 Å². The number of halogens is 3. The van der Waals surface area contributed by atoms with Gasteiger partial charge in [0, 0.05) is 24.7 Å². The summed E-state index contributed by atoms with van der Waals surface area (Å²) in [4.78, 5) is 27.8. The maximum atomic E-state index is 13.0. The van der Waals surface area contributed by atoms with Gasteiger partial charge in [0.1, 0.15) is 17.6 Å². The standard InChI is InChI=1S/C25H24N4O4S.C2HF3O2/c1-33-20-6-4-17-5-7-21(14-19(17)13-20)34(31,32)28-23-9-11-29(25(23)30)15-16-2-3-18-8-10-27-24(26)22(18)12-16;3-2(4,5)1(6)7/h2-8,10,12-14,23,28H,9,11,15H2,1H3,(H2,26,27);(H,6,7)/t23-;/m0./s1. The van der Waals surface area contributed by atoms with Crippen molar-refractivity contribution in [2.45, 2.75) is 30.1 Å². The van der Waals surface area contributed by atoms with Gasteiger partial charge in [-0.05, 0) is 64.5 Å². The van der Waals surface area contributed by atoms with Gasteiger partial charge >= 0.3 is 12.1 Å². The topological polar surface area (TPSA) is 152 Å². The second kappa shape index (κ2) is 11.6. The maximum Gasteiger partial charge on any atom is 0.490 e. The van der Waals surface area contributed by atoms with E-state index in [1.807, 2.05) is 36.4 Å². The summed E-state index contributed by atoms with van der Waals surface area (Å²) < 4.78 is 65.7. The van der Waals surface area contributed by atoms with Crippen molar-refractivity contribution in [2.75, 3.05) is 19.4 Å². The van der Waals surface area contributed by atoms with E-state index in [4.69, 9.17) is 20.4 Å². The number of carboxylic acids is 1. The lowest BCUT2D eigenvalue weighted by molar-refractivity contribution is -0.192. The van der Waals surface area contributed by atoms with Crippen LogP contribution in [0.4, 0.5) is 19.0 Å². The number of carboxylic acid groups (broad SMARTS) is 1. The molecule has 5 rings (SSSR count). The maximum absolute atomic E-state index is 13.0. The molecular formula is C27H25F3N4O6S. The van der Waals surface area contributed by atoms with Crippen molar-refractivity contribution in [3.8, 4) is 5.75 Å². The van der Waals surface area contributed by atoms with Gasteiger partial charge in [-0.25, -0.2) is 18.2 Å². The van der Waals surface area contributed by atoms with Gasteiger partial charge in [-0.15, -0.1) is 0 Å². The number of benzene rings is 3. The molecule has 0 bridgehead atoms. The van der Waals surface area contributed by atoms with Gasteiger partial charge in [-0.2, -0.15) is 17.9 Å². The zero-order valence-electron chi connectivity index (χ0n) is 21.6. The fourth-order valence-corrected chi connectivity index (χ4v) is 5.57. The number of carbonyl (C=O) groups is 2. The van der Waals surface area contributed by atoms with Gasteiger partial charge in [0.2, 0.25) is 15.9 Å². The van der Waals surface area contributed by atoms with Crippen molar-refractivity contribution < 1.29 is 41.0 Å². The number of rotatable bonds is 6. The zero-order chi connectivity index (χ0) is 29.9. The van der Waals surface area contributed by atoms with E-state index in [2.05, 4.69) is 9.71 Å². The number of carbonyl (C=O) groups excluding carboxylic acids is 1. The van der Waals surface area contributed by atoms with Crippen LogP contribution in [0.3, 0.4) is 0 Å². The number of hydrogen-bond acceptors (Lipinski definition) is 7. The normalized spacial score (nSPS) is 15.6. The van der Waals surface area contributed by atoms with Crippen LogP contribution in [-0.4, -0.2) is 61.2 Å². The summed E-state index contributed by atoms with van der Waals surface area (Å²) in [6.07, 6.45) is -3.03. The summed E-state index contributed by atoms with van der Waals surface area (Å²) >= 11 is 0. The van der Waals surface area contributed by atoms with E-state index >= 15 is 0 Å². The SMILES string of the molecule is COc1ccc2ccc(S(=O)(=O)N[C@H]3CCN(Cc4ccc5ccnc(N)c5c4)C3=O)cc2c1.O=C(O)C(F)(F)F. The summed E-state index contributed by atoms with van der Waals surface area (Å²) in [6, 6.07) is 17.2. The Morgan fingerprint density at radius 1 is 1.10 bits per heavy atom. The summed E-state index contributed by atoms with van der Waals surface area (Å²) in [6.45, 7) is 0.832. The molecule has 0 unspecified atom stereocenters. The minimum absolute atomic E-state index is 0.108. The number of sulfonamides is 1. The van der Waals surface area contributed by atoms with Crippen LogP contribution in [0.1, 0.15) is 12.0 Å². The van der Waals surface area contributed by atoms with Gasteiger partial charge in [0.05, 0.1) is 12.0 Å². The Morgan fingerprint density at radius 3 is 2.46 bits per heavy atom. The number of hydrogen-bond donors (Lipinski definition) is 3. The van der Waals surface area contributed by atoms with Crippen molar-refractivity contribution >= 4 is 49.3 Å². The molecule has 216 valence electrons. The highest BCUT2D eigenvalue weighted by molar-refractivity contribution is 7.89. The van der Waals surface area contributed by atoms with Crippen molar-refractivity contribution in [1.29, 1.82) is 0 Å². The number of nitrogen functional groups attached to an aromatic ring is 1. The molecule has 0 radical (unpaired) electrons. The average Bonchev–Trinajstić information content (AvgIpc) is 3.26. The number of aliphatic carboxylic acids is 1. The van der Waals surface area contributed by atoms with Gasteiger partial charge in [0.25, 0.3) is 0 Å². The largest absolute Gasteiger partial charge is 0.497 e. The number of pyridine rings is 1. The number of alkyl halides is 3. The molecule has 0 spiro atoms. The third-order valence-electron chi connectivity index (χ3n) is 6.40. The van der Waals surface area contributed by atoms with Gasteiger partial charge < -0.3 is 20.5 Å². The Hall–Kier alpha value is -4.43. The highest BCUT2D eigenvalue weighted by atomic mass is 32.2. The highest BCUT2D eigenvalue weighted by Gasteiger charge is 2.38. The van der Waals surface area contributed by atoms with Crippen LogP contribution >= 0.6 is 0 Å². The van der Waals surface area contributed by atoms with Crippen LogP contribution < -0.4 is 15.2 Å². The fraction of sp³-hybridized carbons (Fsp3) is 0.222. The molecule has 1 saturated heterocycles. The van der Waals surface area contributed by atoms with Gasteiger partial charge in [-0.1, -0.05) is 24.3 Å². The first-order chi connectivity index (χ1) is 19.3. The molecule has 1 aliphatic heterocycles. The quantitative estimate of drug-likeness (QED) is 0.308. The summed E-state index contributed by atoms with van der Waals surface area (Å²) in [5, 5.41) is 10.6. The Balaban J connectivity index is 0.000000493. The van der Waals surface area contributed by atoms with E-state index in [0.29, 0.717) is 31.1 Å². The minimum Gasteiger partial charge on any atom is -0.497 e. The Morgan fingerprint density at radius 2 is 1.78 bits per heavy atom. The van der Waals surface area contributed by atoms with E-state index in [9.17, 15) is 26.4 Å². The molecule has 3 aromatic carbocycles. The lowest BCUT2D eigenvalue weighted by atomic mass is 10.1. The van der Waals surface area contributed by atoms with Crippen LogP contribution in [0.15, 0.2) is 71.8 Å². The second-order valence-corrected chi connectivity index (χ2v) is 10.9. The average molecular weight is 591 g/mol. The molecule has 1 aromatic heterocycles. The molecule has 10 nitrogen and oxygen atoms in total. The number of amides is 1. The first-order valence-corrected chi connectivity index (χ1v) is 13.6. The predicted octanol–water partition coefficient (Wildman–Crippen LogP) is 3.69. The minimum atomic E-state index is -5.08. The third kappa shape index (κ3) is 6.84. The molecule has 1 fully saturated rings. The van der Waals surface area contributed by atoms with Crippen LogP contribution in [0.5, 0.6) is 5.75 Å². The number of methoxy groups -OCH3 is 1. The van der Waals surface area contributed by atoms with E-state index in [1.54, 1.807) is 42.5 Å². The molecule has 2 heterocycles. The monoisotopic (exact) mass is 590 g/mol. The molecule has 0 aliphatic carbocycles. The van der Waals surface area contributed by atoms with Crippen molar-refractivity contribution in [1.82, 2.24) is 14.6 Å². The second-order valence-electron chi connectivity index (χ2n) is 9.15. The molecular weight excluding hydrogens is 565 g/mol. The number of nitrogens with two attached hydrogens (primary N) is 1. The molecule has 41 heavy (non-hydrogen) atoms. The van der Waals surface area contributed by atoms with Crippen molar-refractivity contribution in [3.05, 3.63) is 72.4 Å². The zero-order valence-corrected chi connectivity index (χ0v) is 22.4. The number of anilines is 1. The Kier molecular flexibility index (Phi) is 8.35. The number of aromatic nitrogens is 1. The Bertz CT molecular complexity index is 1730. The first-order valence-electron chi connectivity index (χ1n) is 12.1. The summed E-state index contributed by atoms with van der Waals surface area (Å²) in [7, 11) is -2.32. The summed E-state index contributed by atoms with van der Waals surface area (Å²) in [5.74, 6) is -1.92. The van der Waals surface area contributed by atoms with Gasteiger partial charge in [-0.3, -0.25) is 4.79 Å². The van der Waals surface area contributed by atoms with Crippen LogP contribution in [0, 0.1) is 0 Å². The van der Waals surface area contributed by atoms with Crippen LogP contribution in [0.25, 0.3) is 21.5 Å². The summed E-state index contributed by atoms with van der Waals surface area (Å²) in [5.41, 5.74) is 6.89. The number of likely N-dealkylation sites (tertiary alicyclic amines) is 1. The predicted molar refractivity (Wildman–Crippen MR) is 144 cm³/mol. The molecule has 0 saturated carbocycles. The number of nitrogens with one attached hydrogen (secondary N) is 1.